The van der Waals surface area contributed by atoms with Crippen molar-refractivity contribution in [1.29, 1.82) is 0 Å². The van der Waals surface area contributed by atoms with Crippen LogP contribution in [0.1, 0.15) is 53.4 Å². The van der Waals surface area contributed by atoms with Crippen LogP contribution in [-0.4, -0.2) is 12.3 Å². The topological polar surface area (TPSA) is 43.1 Å². The lowest BCUT2D eigenvalue weighted by molar-refractivity contribution is -0.126. The summed E-state index contributed by atoms with van der Waals surface area (Å²) in [5, 5.41) is 0. The van der Waals surface area contributed by atoms with Gasteiger partial charge in [0.05, 0.1) is 0 Å². The Morgan fingerprint density at radius 3 is 2.13 bits per heavy atom. The summed E-state index contributed by atoms with van der Waals surface area (Å²) < 4.78 is 0. The number of ketones is 1. The van der Waals surface area contributed by atoms with Crippen LogP contribution in [-0.2, 0) is 4.79 Å². The van der Waals surface area contributed by atoms with Crippen LogP contribution in [0.3, 0.4) is 0 Å². The molecule has 0 bridgehead atoms. The first-order chi connectivity index (χ1) is 6.99. The minimum Gasteiger partial charge on any atom is -0.330 e. The number of unbranched alkanes of at least 4 members (excludes halogenated alkanes) is 1. The second-order valence-corrected chi connectivity index (χ2v) is 5.17. The van der Waals surface area contributed by atoms with E-state index in [4.69, 9.17) is 5.73 Å². The molecule has 0 radical (unpaired) electrons. The Balaban J connectivity index is 4.11. The van der Waals surface area contributed by atoms with E-state index in [0.29, 0.717) is 11.7 Å². The van der Waals surface area contributed by atoms with E-state index in [0.717, 1.165) is 32.2 Å². The third-order valence-electron chi connectivity index (χ3n) is 2.73. The zero-order valence-electron chi connectivity index (χ0n) is 10.8. The van der Waals surface area contributed by atoms with Crippen LogP contribution < -0.4 is 5.73 Å². The molecule has 0 aliphatic rings. The van der Waals surface area contributed by atoms with E-state index in [9.17, 15) is 4.79 Å². The number of Topliss-reactive ketones (excluding diaryl/α,β-unsaturated/α-hetero) is 1. The highest BCUT2D eigenvalue weighted by Crippen LogP contribution is 2.22. The number of hydrogen-bond acceptors (Lipinski definition) is 2. The molecule has 1 atom stereocenters. The first kappa shape index (κ1) is 14.6. The third-order valence-corrected chi connectivity index (χ3v) is 2.73. The number of rotatable bonds is 8. The highest BCUT2D eigenvalue weighted by molar-refractivity contribution is 5.82. The van der Waals surface area contributed by atoms with Gasteiger partial charge in [-0.25, -0.2) is 0 Å². The van der Waals surface area contributed by atoms with Gasteiger partial charge in [-0.3, -0.25) is 4.79 Å². The van der Waals surface area contributed by atoms with Crippen molar-refractivity contribution in [1.82, 2.24) is 0 Å². The minimum atomic E-state index is 0.173. The van der Waals surface area contributed by atoms with Gasteiger partial charge < -0.3 is 5.73 Å². The van der Waals surface area contributed by atoms with Gasteiger partial charge >= 0.3 is 0 Å². The molecule has 0 spiro atoms. The number of carbonyl (C=O) groups excluding carboxylic acids is 1. The molecule has 0 aliphatic heterocycles. The lowest BCUT2D eigenvalue weighted by Crippen LogP contribution is -2.21. The van der Waals surface area contributed by atoms with Crippen LogP contribution in [0, 0.1) is 17.8 Å². The Hall–Kier alpha value is -0.370. The molecule has 15 heavy (non-hydrogen) atoms. The molecule has 2 heteroatoms. The van der Waals surface area contributed by atoms with E-state index in [-0.39, 0.29) is 11.8 Å². The van der Waals surface area contributed by atoms with Gasteiger partial charge in [0.1, 0.15) is 5.78 Å². The largest absolute Gasteiger partial charge is 0.330 e. The molecule has 1 unspecified atom stereocenters. The molecule has 0 amide bonds. The normalized spacial score (nSPS) is 13.5. The van der Waals surface area contributed by atoms with Crippen molar-refractivity contribution in [3.8, 4) is 0 Å². The van der Waals surface area contributed by atoms with Crippen molar-refractivity contribution in [2.45, 2.75) is 53.4 Å². The minimum absolute atomic E-state index is 0.173. The molecule has 0 aromatic rings. The molecule has 2 N–H and O–H groups in total. The van der Waals surface area contributed by atoms with E-state index < -0.39 is 0 Å². The Morgan fingerprint density at radius 1 is 1.13 bits per heavy atom. The zero-order chi connectivity index (χ0) is 11.8. The van der Waals surface area contributed by atoms with Crippen molar-refractivity contribution in [2.24, 2.45) is 23.5 Å². The average molecular weight is 213 g/mol. The predicted molar refractivity (Wildman–Crippen MR) is 65.7 cm³/mol. The van der Waals surface area contributed by atoms with E-state index in [1.165, 1.54) is 0 Å². The maximum Gasteiger partial charge on any atom is 0.138 e. The monoisotopic (exact) mass is 213 g/mol. The molecule has 0 heterocycles. The standard InChI is InChI=1S/C13H27NO/c1-10(2)9-12(7-5-6-8-14)13(15)11(3)4/h10-12H,5-9,14H2,1-4H3. The van der Waals surface area contributed by atoms with Gasteiger partial charge in [0.25, 0.3) is 0 Å². The summed E-state index contributed by atoms with van der Waals surface area (Å²) in [6.45, 7) is 9.11. The van der Waals surface area contributed by atoms with Gasteiger partial charge in [-0.1, -0.05) is 34.1 Å². The van der Waals surface area contributed by atoms with Gasteiger partial charge in [-0.15, -0.1) is 0 Å². The second kappa shape index (κ2) is 7.86. The summed E-state index contributed by atoms with van der Waals surface area (Å²) in [6, 6.07) is 0. The van der Waals surface area contributed by atoms with Gasteiger partial charge in [0, 0.05) is 11.8 Å². The Kier molecular flexibility index (Phi) is 7.67. The summed E-state index contributed by atoms with van der Waals surface area (Å²) in [7, 11) is 0. The molecule has 0 saturated heterocycles. The maximum atomic E-state index is 11.9. The summed E-state index contributed by atoms with van der Waals surface area (Å²) >= 11 is 0. The highest BCUT2D eigenvalue weighted by Gasteiger charge is 2.21. The average Bonchev–Trinajstić information content (AvgIpc) is 2.14. The van der Waals surface area contributed by atoms with Gasteiger partial charge in [-0.2, -0.15) is 0 Å². The Labute approximate surface area is 94.6 Å². The second-order valence-electron chi connectivity index (χ2n) is 5.17. The van der Waals surface area contributed by atoms with Crippen LogP contribution in [0.15, 0.2) is 0 Å². The van der Waals surface area contributed by atoms with E-state index in [1.54, 1.807) is 0 Å². The molecule has 2 nitrogen and oxygen atoms in total. The van der Waals surface area contributed by atoms with Crippen molar-refractivity contribution in [3.05, 3.63) is 0 Å². The SMILES string of the molecule is CC(C)CC(CCCCN)C(=O)C(C)C. The fourth-order valence-corrected chi connectivity index (χ4v) is 1.95. The molecule has 0 aromatic heterocycles. The summed E-state index contributed by atoms with van der Waals surface area (Å²) in [5.74, 6) is 1.47. The fourth-order valence-electron chi connectivity index (χ4n) is 1.95. The van der Waals surface area contributed by atoms with Gasteiger partial charge in [-0.05, 0) is 31.7 Å². The van der Waals surface area contributed by atoms with Crippen LogP contribution in [0.25, 0.3) is 0 Å². The quantitative estimate of drug-likeness (QED) is 0.630. The number of carbonyl (C=O) groups is 1. The molecule has 0 saturated carbocycles. The third kappa shape index (κ3) is 6.67. The van der Waals surface area contributed by atoms with Crippen LogP contribution in [0.5, 0.6) is 0 Å². The van der Waals surface area contributed by atoms with E-state index >= 15 is 0 Å². The van der Waals surface area contributed by atoms with Gasteiger partial charge in [0.2, 0.25) is 0 Å². The van der Waals surface area contributed by atoms with Crippen molar-refractivity contribution < 1.29 is 4.79 Å². The first-order valence-corrected chi connectivity index (χ1v) is 6.22. The van der Waals surface area contributed by atoms with Crippen molar-refractivity contribution in [2.75, 3.05) is 6.54 Å². The Morgan fingerprint density at radius 2 is 1.73 bits per heavy atom. The van der Waals surface area contributed by atoms with Crippen LogP contribution in [0.4, 0.5) is 0 Å². The lowest BCUT2D eigenvalue weighted by atomic mass is 9.84. The zero-order valence-corrected chi connectivity index (χ0v) is 10.8. The smallest absolute Gasteiger partial charge is 0.138 e. The van der Waals surface area contributed by atoms with Crippen molar-refractivity contribution in [3.63, 3.8) is 0 Å². The van der Waals surface area contributed by atoms with Crippen LogP contribution in [0.2, 0.25) is 0 Å². The molecule has 0 fully saturated rings. The maximum absolute atomic E-state index is 11.9. The highest BCUT2D eigenvalue weighted by atomic mass is 16.1. The summed E-state index contributed by atoms with van der Waals surface area (Å²) in [6.07, 6.45) is 4.18. The molecule has 0 aromatic carbocycles. The summed E-state index contributed by atoms with van der Waals surface area (Å²) in [5.41, 5.74) is 5.47. The first-order valence-electron chi connectivity index (χ1n) is 6.22. The van der Waals surface area contributed by atoms with E-state index in [2.05, 4.69) is 13.8 Å². The lowest BCUT2D eigenvalue weighted by Gasteiger charge is -2.19. The molecular formula is C13H27NO. The summed E-state index contributed by atoms with van der Waals surface area (Å²) in [4.78, 5) is 11.9. The molecule has 90 valence electrons. The van der Waals surface area contributed by atoms with E-state index in [1.807, 2.05) is 13.8 Å². The molecular weight excluding hydrogens is 186 g/mol. The predicted octanol–water partition coefficient (Wildman–Crippen LogP) is 3.00. The van der Waals surface area contributed by atoms with Crippen molar-refractivity contribution >= 4 is 5.78 Å². The Bertz CT molecular complexity index is 175. The number of nitrogens with two attached hydrogens (primary N) is 1. The molecule has 0 aliphatic carbocycles. The number of hydrogen-bond donors (Lipinski definition) is 1. The fraction of sp³-hybridized carbons (Fsp3) is 0.923. The molecule has 0 rings (SSSR count). The van der Waals surface area contributed by atoms with Gasteiger partial charge in [0.15, 0.2) is 0 Å². The van der Waals surface area contributed by atoms with Crippen LogP contribution >= 0.6 is 0 Å².